The molecule has 36 heavy (non-hydrogen) atoms. The Bertz CT molecular complexity index is 965. The van der Waals surface area contributed by atoms with E-state index < -0.39 is 23.3 Å². The van der Waals surface area contributed by atoms with Crippen LogP contribution in [0.25, 0.3) is 11.1 Å². The molecule has 0 saturated heterocycles. The molecule has 0 unspecified atom stereocenters. The number of carbonyl (C=O) groups excluding carboxylic acids is 3. The summed E-state index contributed by atoms with van der Waals surface area (Å²) in [7, 11) is 0. The predicted octanol–water partition coefficient (Wildman–Crippen LogP) is 5.79. The molecule has 0 fully saturated rings. The van der Waals surface area contributed by atoms with Gasteiger partial charge in [0.2, 0.25) is 5.91 Å². The van der Waals surface area contributed by atoms with Crippen LogP contribution >= 0.6 is 0 Å². The Morgan fingerprint density at radius 2 is 1.42 bits per heavy atom. The van der Waals surface area contributed by atoms with E-state index >= 15 is 0 Å². The first-order valence-electron chi connectivity index (χ1n) is 13.0. The molecule has 2 rings (SSSR count). The first-order valence-corrected chi connectivity index (χ1v) is 13.0. The first-order chi connectivity index (χ1) is 17.2. The number of esters is 2. The third-order valence-corrected chi connectivity index (χ3v) is 6.44. The average Bonchev–Trinajstić information content (AvgIpc) is 2.85. The molecule has 0 aliphatic carbocycles. The SMILES string of the molecule is CCCCCCCc1ccc(-c2cccc(CCC(COC(C)=O)(COC(C)=O)CC(N)=O)c2)cc1. The fourth-order valence-corrected chi connectivity index (χ4v) is 4.37. The molecule has 0 aromatic heterocycles. The van der Waals surface area contributed by atoms with E-state index in [1.165, 1.54) is 51.5 Å². The van der Waals surface area contributed by atoms with Crippen LogP contribution in [0.15, 0.2) is 48.5 Å². The Hall–Kier alpha value is -3.15. The second-order valence-corrected chi connectivity index (χ2v) is 9.77. The van der Waals surface area contributed by atoms with Gasteiger partial charge in [-0.25, -0.2) is 0 Å². The zero-order valence-electron chi connectivity index (χ0n) is 22.0. The lowest BCUT2D eigenvalue weighted by molar-refractivity contribution is -0.154. The third kappa shape index (κ3) is 10.6. The molecule has 0 spiro atoms. The molecule has 2 N–H and O–H groups in total. The minimum Gasteiger partial charge on any atom is -0.465 e. The number of benzene rings is 2. The summed E-state index contributed by atoms with van der Waals surface area (Å²) in [6, 6.07) is 17.0. The van der Waals surface area contributed by atoms with Gasteiger partial charge in [-0.3, -0.25) is 14.4 Å². The van der Waals surface area contributed by atoms with Crippen molar-refractivity contribution in [1.82, 2.24) is 0 Å². The minimum atomic E-state index is -0.877. The van der Waals surface area contributed by atoms with Crippen LogP contribution in [-0.2, 0) is 36.7 Å². The van der Waals surface area contributed by atoms with E-state index in [2.05, 4.69) is 43.3 Å². The summed E-state index contributed by atoms with van der Waals surface area (Å²) in [5.41, 5.74) is 9.32. The van der Waals surface area contributed by atoms with Gasteiger partial charge in [-0.05, 0) is 47.9 Å². The number of rotatable bonds is 16. The largest absolute Gasteiger partial charge is 0.465 e. The van der Waals surface area contributed by atoms with Gasteiger partial charge in [0, 0.05) is 25.7 Å². The van der Waals surface area contributed by atoms with Gasteiger partial charge in [-0.15, -0.1) is 0 Å². The normalized spacial score (nSPS) is 11.2. The van der Waals surface area contributed by atoms with Crippen LogP contribution in [0.5, 0.6) is 0 Å². The average molecular weight is 496 g/mol. The van der Waals surface area contributed by atoms with Crippen LogP contribution in [0.3, 0.4) is 0 Å². The molecule has 0 radical (unpaired) electrons. The minimum absolute atomic E-state index is 0.0435. The molecule has 2 aromatic rings. The van der Waals surface area contributed by atoms with Crippen molar-refractivity contribution in [2.75, 3.05) is 13.2 Å². The maximum absolute atomic E-state index is 11.8. The maximum Gasteiger partial charge on any atom is 0.302 e. The predicted molar refractivity (Wildman–Crippen MR) is 142 cm³/mol. The van der Waals surface area contributed by atoms with Crippen molar-refractivity contribution in [2.24, 2.45) is 11.1 Å². The highest BCUT2D eigenvalue weighted by Gasteiger charge is 2.35. The summed E-state index contributed by atoms with van der Waals surface area (Å²) in [4.78, 5) is 34.8. The molecule has 6 nitrogen and oxygen atoms in total. The Labute approximate surface area is 215 Å². The van der Waals surface area contributed by atoms with Crippen molar-refractivity contribution < 1.29 is 23.9 Å². The highest BCUT2D eigenvalue weighted by atomic mass is 16.5. The highest BCUT2D eigenvalue weighted by molar-refractivity contribution is 5.75. The van der Waals surface area contributed by atoms with Crippen molar-refractivity contribution in [3.8, 4) is 11.1 Å². The van der Waals surface area contributed by atoms with Gasteiger partial charge in [0.25, 0.3) is 0 Å². The van der Waals surface area contributed by atoms with E-state index in [4.69, 9.17) is 15.2 Å². The zero-order valence-corrected chi connectivity index (χ0v) is 22.0. The van der Waals surface area contributed by atoms with E-state index in [1.807, 2.05) is 12.1 Å². The number of amides is 1. The number of aryl methyl sites for hydroxylation is 2. The van der Waals surface area contributed by atoms with Gasteiger partial charge >= 0.3 is 11.9 Å². The first kappa shape index (κ1) is 29.1. The number of unbranched alkanes of at least 4 members (excludes halogenated alkanes) is 4. The van der Waals surface area contributed by atoms with Crippen LogP contribution in [0.1, 0.15) is 76.8 Å². The van der Waals surface area contributed by atoms with Gasteiger partial charge in [0.15, 0.2) is 0 Å². The van der Waals surface area contributed by atoms with Crippen molar-refractivity contribution >= 4 is 17.8 Å². The number of hydrogen-bond acceptors (Lipinski definition) is 5. The van der Waals surface area contributed by atoms with Crippen LogP contribution in [0, 0.1) is 5.41 Å². The molecule has 2 aromatic carbocycles. The van der Waals surface area contributed by atoms with Crippen LogP contribution in [-0.4, -0.2) is 31.1 Å². The number of ether oxygens (including phenoxy) is 2. The monoisotopic (exact) mass is 495 g/mol. The molecule has 0 saturated carbocycles. The van der Waals surface area contributed by atoms with E-state index in [-0.39, 0.29) is 19.6 Å². The molecule has 0 aliphatic heterocycles. The Morgan fingerprint density at radius 1 is 0.778 bits per heavy atom. The lowest BCUT2D eigenvalue weighted by atomic mass is 9.80. The zero-order chi connectivity index (χ0) is 26.4. The lowest BCUT2D eigenvalue weighted by Crippen LogP contribution is -2.38. The van der Waals surface area contributed by atoms with Gasteiger partial charge in [0.05, 0.1) is 0 Å². The van der Waals surface area contributed by atoms with Gasteiger partial charge in [-0.2, -0.15) is 0 Å². The lowest BCUT2D eigenvalue weighted by Gasteiger charge is -2.31. The second-order valence-electron chi connectivity index (χ2n) is 9.77. The molecule has 0 aliphatic rings. The van der Waals surface area contributed by atoms with Crippen molar-refractivity contribution in [3.05, 3.63) is 59.7 Å². The Balaban J connectivity index is 2.10. The number of nitrogens with two attached hydrogens (primary N) is 1. The summed E-state index contributed by atoms with van der Waals surface area (Å²) in [6.45, 7) is 4.76. The smallest absolute Gasteiger partial charge is 0.302 e. The van der Waals surface area contributed by atoms with Gasteiger partial charge < -0.3 is 15.2 Å². The van der Waals surface area contributed by atoms with Crippen LogP contribution < -0.4 is 5.73 Å². The maximum atomic E-state index is 11.8. The number of carbonyl (C=O) groups is 3. The Kier molecular flexibility index (Phi) is 12.2. The van der Waals surface area contributed by atoms with E-state index in [1.54, 1.807) is 0 Å². The molecule has 0 bridgehead atoms. The topological polar surface area (TPSA) is 95.7 Å². The second kappa shape index (κ2) is 15.1. The van der Waals surface area contributed by atoms with E-state index in [0.717, 1.165) is 23.1 Å². The summed E-state index contributed by atoms with van der Waals surface area (Å²) in [6.07, 6.45) is 8.53. The van der Waals surface area contributed by atoms with Gasteiger partial charge in [0.1, 0.15) is 13.2 Å². The van der Waals surface area contributed by atoms with Crippen molar-refractivity contribution in [2.45, 2.75) is 78.6 Å². The number of primary amides is 1. The summed E-state index contributed by atoms with van der Waals surface area (Å²) >= 11 is 0. The molecular formula is C30H41NO5. The fraction of sp³-hybridized carbons (Fsp3) is 0.500. The molecule has 196 valence electrons. The highest BCUT2D eigenvalue weighted by Crippen LogP contribution is 2.31. The summed E-state index contributed by atoms with van der Waals surface area (Å²) in [5.74, 6) is -1.45. The van der Waals surface area contributed by atoms with Crippen molar-refractivity contribution in [3.63, 3.8) is 0 Å². The van der Waals surface area contributed by atoms with Crippen LogP contribution in [0.2, 0.25) is 0 Å². The Morgan fingerprint density at radius 3 is 2.00 bits per heavy atom. The standard InChI is InChI=1S/C30H41NO5/c1-4-5-6-7-8-10-25-13-15-27(16-14-25)28-12-9-11-26(19-28)17-18-30(20-29(31)34,21-35-23(2)32)22-36-24(3)33/h9,11-16,19H,4-8,10,17-18,20-22H2,1-3H3,(H2,31,34). The quantitative estimate of drug-likeness (QED) is 0.235. The molecule has 6 heteroatoms. The van der Waals surface area contributed by atoms with E-state index in [9.17, 15) is 14.4 Å². The van der Waals surface area contributed by atoms with Crippen LogP contribution in [0.4, 0.5) is 0 Å². The molecular weight excluding hydrogens is 454 g/mol. The number of hydrogen-bond donors (Lipinski definition) is 1. The van der Waals surface area contributed by atoms with E-state index in [0.29, 0.717) is 12.8 Å². The molecule has 1 amide bonds. The summed E-state index contributed by atoms with van der Waals surface area (Å²) < 4.78 is 10.5. The molecule has 0 heterocycles. The summed E-state index contributed by atoms with van der Waals surface area (Å²) in [5, 5.41) is 0. The van der Waals surface area contributed by atoms with Crippen molar-refractivity contribution in [1.29, 1.82) is 0 Å². The van der Waals surface area contributed by atoms with Gasteiger partial charge in [-0.1, -0.05) is 81.1 Å². The molecule has 0 atom stereocenters. The fourth-order valence-electron chi connectivity index (χ4n) is 4.37. The third-order valence-electron chi connectivity index (χ3n) is 6.44.